The minimum absolute atomic E-state index is 0.204. The summed E-state index contributed by atoms with van der Waals surface area (Å²) in [6.07, 6.45) is 4.51. The van der Waals surface area contributed by atoms with E-state index in [2.05, 4.69) is 15.1 Å². The molecule has 2 fully saturated rings. The van der Waals surface area contributed by atoms with Gasteiger partial charge >= 0.3 is 0 Å². The van der Waals surface area contributed by atoms with Gasteiger partial charge in [0.2, 0.25) is 5.91 Å². The highest BCUT2D eigenvalue weighted by molar-refractivity contribution is 5.73. The number of nitrogens with one attached hydrogen (secondary N) is 1. The summed E-state index contributed by atoms with van der Waals surface area (Å²) >= 11 is 0. The maximum absolute atomic E-state index is 11.5. The van der Waals surface area contributed by atoms with Crippen LogP contribution in [-0.2, 0) is 4.79 Å². The Morgan fingerprint density at radius 2 is 1.88 bits per heavy atom. The van der Waals surface area contributed by atoms with E-state index in [0.717, 1.165) is 62.7 Å². The lowest BCUT2D eigenvalue weighted by Gasteiger charge is -2.41. The second kappa shape index (κ2) is 7.58. The number of aromatic amines is 1. The Kier molecular flexibility index (Phi) is 5.02. The number of hydrogen-bond acceptors (Lipinski definition) is 4. The number of amides is 1. The van der Waals surface area contributed by atoms with Crippen molar-refractivity contribution < 1.29 is 4.79 Å². The standard InChI is InChI=1S/C20H27N5O/c1-15(26)24-12-9-18(10-13-24)25-11-5-8-17(14-25)20-21-19(22-23-20)16-6-3-2-4-7-16/h2-4,6-7,17-18H,5,8-14H2,1H3,(H,21,22,23). The lowest BCUT2D eigenvalue weighted by Crippen LogP contribution is -2.49. The van der Waals surface area contributed by atoms with Crippen LogP contribution in [-0.4, -0.2) is 63.1 Å². The van der Waals surface area contributed by atoms with Crippen LogP contribution in [0.15, 0.2) is 30.3 Å². The normalized spacial score (nSPS) is 22.5. The number of carbonyl (C=O) groups is 1. The van der Waals surface area contributed by atoms with Gasteiger partial charge in [-0.1, -0.05) is 30.3 Å². The molecule has 0 aliphatic carbocycles. The Morgan fingerprint density at radius 3 is 2.62 bits per heavy atom. The summed E-state index contributed by atoms with van der Waals surface area (Å²) in [4.78, 5) is 20.9. The molecule has 0 bridgehead atoms. The van der Waals surface area contributed by atoms with Crippen molar-refractivity contribution in [2.75, 3.05) is 26.2 Å². The molecule has 6 heteroatoms. The van der Waals surface area contributed by atoms with Gasteiger partial charge < -0.3 is 4.90 Å². The number of carbonyl (C=O) groups excluding carboxylic acids is 1. The molecule has 2 aliphatic rings. The lowest BCUT2D eigenvalue weighted by atomic mass is 9.93. The van der Waals surface area contributed by atoms with Gasteiger partial charge in [0.15, 0.2) is 5.82 Å². The number of aromatic nitrogens is 3. The lowest BCUT2D eigenvalue weighted by molar-refractivity contribution is -0.130. The van der Waals surface area contributed by atoms with Crippen molar-refractivity contribution in [2.45, 2.75) is 44.6 Å². The molecule has 1 amide bonds. The summed E-state index contributed by atoms with van der Waals surface area (Å²) in [5.74, 6) is 2.41. The number of nitrogens with zero attached hydrogens (tertiary/aromatic N) is 4. The highest BCUT2D eigenvalue weighted by atomic mass is 16.2. The highest BCUT2D eigenvalue weighted by Crippen LogP contribution is 2.29. The maximum Gasteiger partial charge on any atom is 0.219 e. The first-order valence-corrected chi connectivity index (χ1v) is 9.68. The van der Waals surface area contributed by atoms with Crippen molar-refractivity contribution in [3.63, 3.8) is 0 Å². The van der Waals surface area contributed by atoms with Crippen molar-refractivity contribution in [1.82, 2.24) is 25.0 Å². The van der Waals surface area contributed by atoms with Crippen molar-refractivity contribution in [2.24, 2.45) is 0 Å². The highest BCUT2D eigenvalue weighted by Gasteiger charge is 2.31. The van der Waals surface area contributed by atoms with Gasteiger partial charge in [-0.15, -0.1) is 0 Å². The van der Waals surface area contributed by atoms with Gasteiger partial charge in [0.1, 0.15) is 5.82 Å². The zero-order chi connectivity index (χ0) is 17.9. The van der Waals surface area contributed by atoms with Crippen LogP contribution in [0.2, 0.25) is 0 Å². The van der Waals surface area contributed by atoms with Crippen molar-refractivity contribution in [3.05, 3.63) is 36.2 Å². The Balaban J connectivity index is 1.40. The summed E-state index contributed by atoms with van der Waals surface area (Å²) in [6.45, 7) is 5.64. The molecule has 0 spiro atoms. The molecule has 0 saturated carbocycles. The molecule has 2 aliphatic heterocycles. The first-order valence-electron chi connectivity index (χ1n) is 9.68. The van der Waals surface area contributed by atoms with E-state index in [1.807, 2.05) is 35.2 Å². The Labute approximate surface area is 154 Å². The van der Waals surface area contributed by atoms with E-state index in [1.165, 1.54) is 6.42 Å². The van der Waals surface area contributed by atoms with Gasteiger partial charge in [0.25, 0.3) is 0 Å². The molecule has 1 aromatic carbocycles. The Bertz CT molecular complexity index is 736. The third kappa shape index (κ3) is 3.65. The summed E-state index contributed by atoms with van der Waals surface area (Å²) < 4.78 is 0. The Morgan fingerprint density at radius 1 is 1.12 bits per heavy atom. The van der Waals surface area contributed by atoms with Crippen molar-refractivity contribution in [1.29, 1.82) is 0 Å². The summed E-state index contributed by atoms with van der Waals surface area (Å²) in [7, 11) is 0. The average molecular weight is 353 g/mol. The van der Waals surface area contributed by atoms with E-state index in [0.29, 0.717) is 12.0 Å². The van der Waals surface area contributed by atoms with Crippen LogP contribution >= 0.6 is 0 Å². The Hall–Kier alpha value is -2.21. The quantitative estimate of drug-likeness (QED) is 0.921. The monoisotopic (exact) mass is 353 g/mol. The number of hydrogen-bond donors (Lipinski definition) is 1. The molecule has 2 aromatic rings. The van der Waals surface area contributed by atoms with Gasteiger partial charge in [-0.2, -0.15) is 5.10 Å². The minimum Gasteiger partial charge on any atom is -0.343 e. The predicted octanol–water partition coefficient (Wildman–Crippen LogP) is 2.66. The molecule has 1 aromatic heterocycles. The van der Waals surface area contributed by atoms with Gasteiger partial charge in [0.05, 0.1) is 0 Å². The van der Waals surface area contributed by atoms with Crippen LogP contribution in [0.3, 0.4) is 0 Å². The van der Waals surface area contributed by atoms with Crippen LogP contribution in [0.4, 0.5) is 0 Å². The first kappa shape index (κ1) is 17.2. The zero-order valence-corrected chi connectivity index (χ0v) is 15.4. The fraction of sp³-hybridized carbons (Fsp3) is 0.550. The first-order chi connectivity index (χ1) is 12.7. The second-order valence-corrected chi connectivity index (χ2v) is 7.48. The third-order valence-electron chi connectivity index (χ3n) is 5.80. The topological polar surface area (TPSA) is 65.1 Å². The fourth-order valence-corrected chi connectivity index (χ4v) is 4.28. The van der Waals surface area contributed by atoms with Crippen LogP contribution in [0.1, 0.15) is 44.3 Å². The van der Waals surface area contributed by atoms with E-state index < -0.39 is 0 Å². The number of piperidine rings is 2. The largest absolute Gasteiger partial charge is 0.343 e. The fourth-order valence-electron chi connectivity index (χ4n) is 4.28. The molecule has 2 saturated heterocycles. The summed E-state index contributed by atoms with van der Waals surface area (Å²) in [5.41, 5.74) is 1.05. The number of rotatable bonds is 3. The molecule has 1 N–H and O–H groups in total. The van der Waals surface area contributed by atoms with Gasteiger partial charge in [-0.05, 0) is 32.2 Å². The van der Waals surface area contributed by atoms with E-state index in [1.54, 1.807) is 6.92 Å². The summed E-state index contributed by atoms with van der Waals surface area (Å²) in [5, 5.41) is 7.61. The van der Waals surface area contributed by atoms with Gasteiger partial charge in [-0.25, -0.2) is 4.98 Å². The molecular formula is C20H27N5O. The van der Waals surface area contributed by atoms with Crippen LogP contribution in [0, 0.1) is 0 Å². The van der Waals surface area contributed by atoms with Crippen LogP contribution in [0.25, 0.3) is 11.4 Å². The SMILES string of the molecule is CC(=O)N1CCC(N2CCCC(c3nc(-c4ccccc4)n[nH]3)C2)CC1. The molecule has 26 heavy (non-hydrogen) atoms. The second-order valence-electron chi connectivity index (χ2n) is 7.48. The molecular weight excluding hydrogens is 326 g/mol. The zero-order valence-electron chi connectivity index (χ0n) is 15.4. The van der Waals surface area contributed by atoms with Gasteiger partial charge in [-0.3, -0.25) is 14.8 Å². The molecule has 1 unspecified atom stereocenters. The molecule has 6 nitrogen and oxygen atoms in total. The van der Waals surface area contributed by atoms with Crippen molar-refractivity contribution >= 4 is 5.91 Å². The van der Waals surface area contributed by atoms with E-state index in [4.69, 9.17) is 4.98 Å². The number of H-pyrrole nitrogens is 1. The van der Waals surface area contributed by atoms with Crippen LogP contribution < -0.4 is 0 Å². The molecule has 4 rings (SSSR count). The number of likely N-dealkylation sites (tertiary alicyclic amines) is 2. The molecule has 138 valence electrons. The minimum atomic E-state index is 0.204. The van der Waals surface area contributed by atoms with E-state index >= 15 is 0 Å². The third-order valence-corrected chi connectivity index (χ3v) is 5.80. The van der Waals surface area contributed by atoms with Crippen LogP contribution in [0.5, 0.6) is 0 Å². The molecule has 0 radical (unpaired) electrons. The average Bonchev–Trinajstić information content (AvgIpc) is 3.19. The predicted molar refractivity (Wildman–Crippen MR) is 101 cm³/mol. The molecule has 1 atom stereocenters. The molecule has 3 heterocycles. The van der Waals surface area contributed by atoms with Gasteiger partial charge in [0, 0.05) is 44.1 Å². The summed E-state index contributed by atoms with van der Waals surface area (Å²) in [6, 6.07) is 10.7. The van der Waals surface area contributed by atoms with Crippen molar-refractivity contribution in [3.8, 4) is 11.4 Å². The number of benzene rings is 1. The van der Waals surface area contributed by atoms with E-state index in [9.17, 15) is 4.79 Å². The maximum atomic E-state index is 11.5. The smallest absolute Gasteiger partial charge is 0.219 e. The van der Waals surface area contributed by atoms with E-state index in [-0.39, 0.29) is 5.91 Å².